The van der Waals surface area contributed by atoms with Crippen molar-refractivity contribution in [2.24, 2.45) is 0 Å². The number of rotatable bonds is 5. The summed E-state index contributed by atoms with van der Waals surface area (Å²) in [4.78, 5) is 10.9. The lowest BCUT2D eigenvalue weighted by Crippen LogP contribution is -1.88. The molecular formula is C14H20O2. The number of carbonyl (C=O) groups excluding carboxylic acids is 1. The Bertz CT molecular complexity index is 351. The van der Waals surface area contributed by atoms with Crippen molar-refractivity contribution in [3.05, 3.63) is 46.8 Å². The van der Waals surface area contributed by atoms with Crippen LogP contribution in [0.25, 0.3) is 0 Å². The Morgan fingerprint density at radius 2 is 1.75 bits per heavy atom. The van der Waals surface area contributed by atoms with Crippen molar-refractivity contribution < 1.29 is 9.53 Å². The van der Waals surface area contributed by atoms with Gasteiger partial charge >= 0.3 is 0 Å². The van der Waals surface area contributed by atoms with Gasteiger partial charge in [0.15, 0.2) is 0 Å². The Balaban J connectivity index is 4.96. The molecule has 0 aromatic heterocycles. The van der Waals surface area contributed by atoms with Gasteiger partial charge in [-0.05, 0) is 39.3 Å². The molecule has 0 spiro atoms. The standard InChI is InChI=1S/C14H20O2/c1-11(2)7-6-8-12(3)14(10-15)9-13(4)16-5/h6-10H,1-5H3/b8-6+,13-9+,14-12-. The average Bonchev–Trinajstić information content (AvgIpc) is 2.24. The molecule has 0 aliphatic rings. The van der Waals surface area contributed by atoms with Gasteiger partial charge in [-0.3, -0.25) is 4.79 Å². The van der Waals surface area contributed by atoms with Crippen molar-refractivity contribution in [2.45, 2.75) is 27.7 Å². The van der Waals surface area contributed by atoms with Crippen LogP contribution in [-0.2, 0) is 9.53 Å². The first kappa shape index (κ1) is 14.4. The van der Waals surface area contributed by atoms with Crippen LogP contribution in [0.15, 0.2) is 46.8 Å². The third-order valence-corrected chi connectivity index (χ3v) is 2.04. The summed E-state index contributed by atoms with van der Waals surface area (Å²) in [5.41, 5.74) is 2.78. The fourth-order valence-electron chi connectivity index (χ4n) is 1.000. The third kappa shape index (κ3) is 6.02. The van der Waals surface area contributed by atoms with Crippen molar-refractivity contribution >= 4 is 6.29 Å². The maximum Gasteiger partial charge on any atom is 0.150 e. The molecule has 0 aromatic rings. The van der Waals surface area contributed by atoms with E-state index in [2.05, 4.69) is 0 Å². The van der Waals surface area contributed by atoms with Crippen LogP contribution in [0.5, 0.6) is 0 Å². The molecule has 0 radical (unpaired) electrons. The molecule has 0 N–H and O–H groups in total. The fourth-order valence-corrected chi connectivity index (χ4v) is 1.000. The molecule has 0 aliphatic heterocycles. The van der Waals surface area contributed by atoms with Gasteiger partial charge in [-0.1, -0.05) is 23.8 Å². The number of carbonyl (C=O) groups is 1. The van der Waals surface area contributed by atoms with Gasteiger partial charge in [-0.15, -0.1) is 0 Å². The Labute approximate surface area is 98.0 Å². The van der Waals surface area contributed by atoms with E-state index in [0.717, 1.165) is 17.6 Å². The van der Waals surface area contributed by atoms with E-state index >= 15 is 0 Å². The van der Waals surface area contributed by atoms with Crippen LogP contribution in [0, 0.1) is 0 Å². The summed E-state index contributed by atoms with van der Waals surface area (Å²) in [6, 6.07) is 0. The van der Waals surface area contributed by atoms with E-state index in [1.165, 1.54) is 5.57 Å². The number of hydrogen-bond acceptors (Lipinski definition) is 2. The SMILES string of the molecule is CO/C(C)=C/C(C=O)=C(C)/C=C/C=C(C)C. The van der Waals surface area contributed by atoms with Gasteiger partial charge in [0.25, 0.3) is 0 Å². The molecule has 0 unspecified atom stereocenters. The zero-order valence-corrected chi connectivity index (χ0v) is 10.7. The number of allylic oxidation sites excluding steroid dienone is 8. The van der Waals surface area contributed by atoms with Gasteiger partial charge in [0.05, 0.1) is 12.9 Å². The molecule has 0 bridgehead atoms. The summed E-state index contributed by atoms with van der Waals surface area (Å²) in [5.74, 6) is 0.720. The second-order valence-corrected chi connectivity index (χ2v) is 3.82. The summed E-state index contributed by atoms with van der Waals surface area (Å²) >= 11 is 0. The van der Waals surface area contributed by atoms with E-state index < -0.39 is 0 Å². The van der Waals surface area contributed by atoms with E-state index in [9.17, 15) is 4.79 Å². The molecule has 0 saturated carbocycles. The van der Waals surface area contributed by atoms with Gasteiger partial charge in [0.1, 0.15) is 6.29 Å². The highest BCUT2D eigenvalue weighted by molar-refractivity contribution is 5.79. The minimum atomic E-state index is 0.637. The van der Waals surface area contributed by atoms with Gasteiger partial charge in [0.2, 0.25) is 0 Å². The van der Waals surface area contributed by atoms with Crippen molar-refractivity contribution in [2.75, 3.05) is 7.11 Å². The Hall–Kier alpha value is -1.57. The molecule has 88 valence electrons. The first-order chi connectivity index (χ1) is 7.51. The number of ether oxygens (including phenoxy) is 1. The van der Waals surface area contributed by atoms with Crippen LogP contribution in [-0.4, -0.2) is 13.4 Å². The van der Waals surface area contributed by atoms with Crippen LogP contribution in [0.2, 0.25) is 0 Å². The first-order valence-electron chi connectivity index (χ1n) is 5.21. The number of methoxy groups -OCH3 is 1. The lowest BCUT2D eigenvalue weighted by Gasteiger charge is -2.00. The van der Waals surface area contributed by atoms with E-state index in [1.807, 2.05) is 45.9 Å². The quantitative estimate of drug-likeness (QED) is 0.306. The topological polar surface area (TPSA) is 26.3 Å². The molecule has 0 saturated heterocycles. The molecule has 2 nitrogen and oxygen atoms in total. The Morgan fingerprint density at radius 1 is 1.12 bits per heavy atom. The molecule has 2 heteroatoms. The molecule has 0 aliphatic carbocycles. The third-order valence-electron chi connectivity index (χ3n) is 2.04. The first-order valence-corrected chi connectivity index (χ1v) is 5.21. The van der Waals surface area contributed by atoms with Crippen molar-refractivity contribution in [1.29, 1.82) is 0 Å². The van der Waals surface area contributed by atoms with E-state index in [4.69, 9.17) is 4.74 Å². The Kier molecular flexibility index (Phi) is 6.93. The monoisotopic (exact) mass is 220 g/mol. The van der Waals surface area contributed by atoms with Crippen LogP contribution in [0.1, 0.15) is 27.7 Å². The van der Waals surface area contributed by atoms with E-state index in [1.54, 1.807) is 13.2 Å². The highest BCUT2D eigenvalue weighted by atomic mass is 16.5. The van der Waals surface area contributed by atoms with Crippen LogP contribution in [0.4, 0.5) is 0 Å². The molecule has 0 rings (SSSR count). The maximum atomic E-state index is 10.9. The molecule has 0 fully saturated rings. The summed E-state index contributed by atoms with van der Waals surface area (Å²) in [7, 11) is 1.59. The zero-order chi connectivity index (χ0) is 12.6. The smallest absolute Gasteiger partial charge is 0.150 e. The summed E-state index contributed by atoms with van der Waals surface area (Å²) in [5, 5.41) is 0. The molecule has 0 aromatic carbocycles. The molecule has 0 atom stereocenters. The molecule has 0 heterocycles. The van der Waals surface area contributed by atoms with Crippen LogP contribution in [0.3, 0.4) is 0 Å². The number of hydrogen-bond donors (Lipinski definition) is 0. The number of aldehydes is 1. The largest absolute Gasteiger partial charge is 0.501 e. The average molecular weight is 220 g/mol. The predicted octanol–water partition coefficient (Wildman–Crippen LogP) is 3.57. The van der Waals surface area contributed by atoms with Gasteiger partial charge in [-0.2, -0.15) is 0 Å². The fraction of sp³-hybridized carbons (Fsp3) is 0.357. The van der Waals surface area contributed by atoms with Crippen LogP contribution >= 0.6 is 0 Å². The highest BCUT2D eigenvalue weighted by Crippen LogP contribution is 2.08. The highest BCUT2D eigenvalue weighted by Gasteiger charge is 1.96. The molecule has 0 amide bonds. The molecular weight excluding hydrogens is 200 g/mol. The Morgan fingerprint density at radius 3 is 2.19 bits per heavy atom. The minimum absolute atomic E-state index is 0.637. The summed E-state index contributed by atoms with van der Waals surface area (Å²) in [6.07, 6.45) is 8.42. The predicted molar refractivity (Wildman–Crippen MR) is 68.1 cm³/mol. The van der Waals surface area contributed by atoms with Crippen molar-refractivity contribution in [1.82, 2.24) is 0 Å². The second-order valence-electron chi connectivity index (χ2n) is 3.82. The summed E-state index contributed by atoms with van der Waals surface area (Å²) in [6.45, 7) is 7.77. The molecule has 16 heavy (non-hydrogen) atoms. The van der Waals surface area contributed by atoms with Gasteiger partial charge in [0, 0.05) is 5.57 Å². The van der Waals surface area contributed by atoms with Gasteiger partial charge in [-0.25, -0.2) is 0 Å². The minimum Gasteiger partial charge on any atom is -0.501 e. The van der Waals surface area contributed by atoms with Crippen molar-refractivity contribution in [3.63, 3.8) is 0 Å². The lowest BCUT2D eigenvalue weighted by molar-refractivity contribution is -0.104. The normalized spacial score (nSPS) is 13.4. The zero-order valence-electron chi connectivity index (χ0n) is 10.7. The summed E-state index contributed by atoms with van der Waals surface area (Å²) < 4.78 is 5.01. The second kappa shape index (κ2) is 7.69. The van der Waals surface area contributed by atoms with Crippen LogP contribution < -0.4 is 0 Å². The van der Waals surface area contributed by atoms with E-state index in [0.29, 0.717) is 5.57 Å². The maximum absolute atomic E-state index is 10.9. The van der Waals surface area contributed by atoms with E-state index in [-0.39, 0.29) is 0 Å². The van der Waals surface area contributed by atoms with Gasteiger partial charge < -0.3 is 4.74 Å². The van der Waals surface area contributed by atoms with Crippen molar-refractivity contribution in [3.8, 4) is 0 Å². The lowest BCUT2D eigenvalue weighted by atomic mass is 10.1.